The molecule has 0 bridgehead atoms. The van der Waals surface area contributed by atoms with Gasteiger partial charge in [0.05, 0.1) is 31.7 Å². The molecule has 0 saturated heterocycles. The van der Waals surface area contributed by atoms with E-state index in [9.17, 15) is 9.59 Å². The van der Waals surface area contributed by atoms with Crippen molar-refractivity contribution in [3.63, 3.8) is 0 Å². The Bertz CT molecular complexity index is 2810. The van der Waals surface area contributed by atoms with E-state index in [1.807, 2.05) is 0 Å². The molecular formula is C77H71O2P4Pd+3. The van der Waals surface area contributed by atoms with Gasteiger partial charge in [0.1, 0.15) is 69.4 Å². The smallest absolute Gasteiger partial charge is 0.134 e. The number of carbonyl (C=O) groups is 2. The number of benzene rings is 12. The molecule has 0 aliphatic carbocycles. The average molecular weight is 1260 g/mol. The molecule has 0 aromatic heterocycles. The summed E-state index contributed by atoms with van der Waals surface area (Å²) in [6.45, 7) is 4.38. The molecule has 0 fully saturated rings. The van der Waals surface area contributed by atoms with Gasteiger partial charge in [-0.15, -0.1) is 0 Å². The standard InChI is InChI=1S/4C18H15P.C5H7O2.Pd/c4*1-4-10-16(11-5-1)19(17-12-6-2-7-13-17)18-14-8-3-9-15-18;1-4(6)3-5(2)7;/h4*1-15H;1,3H2,2H3;/q;;;;-1;/p+4. The molecule has 84 heavy (non-hydrogen) atoms. The van der Waals surface area contributed by atoms with Crippen molar-refractivity contribution in [3.05, 3.63) is 371 Å². The second-order valence-corrected chi connectivity index (χ2v) is 29.2. The summed E-state index contributed by atoms with van der Waals surface area (Å²) < 4.78 is 0. The molecule has 0 amide bonds. The van der Waals surface area contributed by atoms with Crippen LogP contribution in [-0.4, -0.2) is 11.6 Å². The summed E-state index contributed by atoms with van der Waals surface area (Å²) in [4.78, 5) is 19.9. The maximum Gasteiger partial charge on any atom is 0.134 e. The quantitative estimate of drug-likeness (QED) is 0.0471. The Balaban J connectivity index is 0.000000154. The molecular weight excluding hydrogens is 1190 g/mol. The van der Waals surface area contributed by atoms with Crippen molar-refractivity contribution in [2.45, 2.75) is 13.3 Å². The van der Waals surface area contributed by atoms with E-state index in [4.69, 9.17) is 0 Å². The minimum atomic E-state index is -0.877. The van der Waals surface area contributed by atoms with Gasteiger partial charge in [-0.25, -0.2) is 0 Å². The summed E-state index contributed by atoms with van der Waals surface area (Å²) in [6.07, 6.45) is -0.0278. The maximum absolute atomic E-state index is 9.99. The number of hydrogen-bond acceptors (Lipinski definition) is 2. The first-order chi connectivity index (χ1) is 40.9. The summed E-state index contributed by atoms with van der Waals surface area (Å²) in [5.41, 5.74) is 0. The van der Waals surface area contributed by atoms with Gasteiger partial charge in [0.15, 0.2) is 0 Å². The Hall–Kier alpha value is -7.77. The largest absolute Gasteiger partial charge is 0.339 e. The van der Waals surface area contributed by atoms with Crippen molar-refractivity contribution in [3.8, 4) is 0 Å². The van der Waals surface area contributed by atoms with E-state index in [1.54, 1.807) is 0 Å². The third-order valence-electron chi connectivity index (χ3n) is 13.2. The van der Waals surface area contributed by atoms with E-state index in [2.05, 4.69) is 371 Å². The van der Waals surface area contributed by atoms with Gasteiger partial charge >= 0.3 is 0 Å². The summed E-state index contributed by atoms with van der Waals surface area (Å²) >= 11 is 0. The van der Waals surface area contributed by atoms with Gasteiger partial charge < -0.3 is 11.7 Å². The van der Waals surface area contributed by atoms with E-state index in [0.29, 0.717) is 0 Å². The molecule has 0 radical (unpaired) electrons. The third kappa shape index (κ3) is 20.2. The Kier molecular flexibility index (Phi) is 27.4. The van der Waals surface area contributed by atoms with E-state index < -0.39 is 31.7 Å². The molecule has 12 rings (SSSR count). The van der Waals surface area contributed by atoms with E-state index in [0.717, 1.165) is 0 Å². The van der Waals surface area contributed by atoms with Crippen molar-refractivity contribution in [2.75, 3.05) is 0 Å². The molecule has 418 valence electrons. The summed E-state index contributed by atoms with van der Waals surface area (Å²) in [7, 11) is -3.51. The number of hydrogen-bond donors (Lipinski definition) is 0. The fourth-order valence-corrected chi connectivity index (χ4v) is 19.8. The van der Waals surface area contributed by atoms with Crippen LogP contribution in [0.2, 0.25) is 0 Å². The van der Waals surface area contributed by atoms with Gasteiger partial charge in [-0.2, -0.15) is 0 Å². The van der Waals surface area contributed by atoms with Gasteiger partial charge in [-0.1, -0.05) is 218 Å². The number of rotatable bonds is 14. The normalized spacial score (nSPS) is 10.2. The van der Waals surface area contributed by atoms with Crippen LogP contribution >= 0.6 is 31.7 Å². The van der Waals surface area contributed by atoms with E-state index in [1.165, 1.54) is 70.6 Å². The molecule has 0 atom stereocenters. The van der Waals surface area contributed by atoms with Crippen LogP contribution in [0.4, 0.5) is 0 Å². The van der Waals surface area contributed by atoms with Crippen LogP contribution in [0.15, 0.2) is 364 Å². The molecule has 0 aliphatic rings. The monoisotopic (exact) mass is 1260 g/mol. The molecule has 0 heterocycles. The van der Waals surface area contributed by atoms with Gasteiger partial charge in [0, 0.05) is 32.6 Å². The predicted octanol–water partition coefficient (Wildman–Crippen LogP) is 13.1. The van der Waals surface area contributed by atoms with Crippen LogP contribution in [-0.2, 0) is 30.0 Å². The van der Waals surface area contributed by atoms with Gasteiger partial charge in [-0.05, 0) is 153 Å². The van der Waals surface area contributed by atoms with Crippen molar-refractivity contribution >= 4 is 107 Å². The Morgan fingerprint density at radius 2 is 0.321 bits per heavy atom. The number of carbonyl (C=O) groups excluding carboxylic acids is 2. The topological polar surface area (TPSA) is 34.1 Å². The second kappa shape index (κ2) is 36.1. The fourth-order valence-electron chi connectivity index (χ4n) is 9.54. The zero-order valence-electron chi connectivity index (χ0n) is 47.2. The summed E-state index contributed by atoms with van der Waals surface area (Å²) in [5.74, 6) is -0.437. The first-order valence-corrected chi connectivity index (χ1v) is 33.9. The minimum Gasteiger partial charge on any atom is -0.339 e. The van der Waals surface area contributed by atoms with Crippen molar-refractivity contribution in [1.82, 2.24) is 0 Å². The Labute approximate surface area is 517 Å². The van der Waals surface area contributed by atoms with E-state index >= 15 is 0 Å². The second-order valence-electron chi connectivity index (χ2n) is 19.3. The Morgan fingerprint density at radius 1 is 0.226 bits per heavy atom. The van der Waals surface area contributed by atoms with Crippen molar-refractivity contribution < 1.29 is 30.0 Å². The van der Waals surface area contributed by atoms with Crippen molar-refractivity contribution in [2.24, 2.45) is 0 Å². The van der Waals surface area contributed by atoms with Gasteiger partial charge in [-0.3, -0.25) is 4.79 Å². The molecule has 7 heteroatoms. The first kappa shape index (κ1) is 63.8. The average Bonchev–Trinajstić information content (AvgIpc) is 3.59. The first-order valence-electron chi connectivity index (χ1n) is 27.9. The summed E-state index contributed by atoms with van der Waals surface area (Å²) in [5, 5.41) is 17.2. The van der Waals surface area contributed by atoms with Gasteiger partial charge in [0.25, 0.3) is 0 Å². The molecule has 0 N–H and O–H groups in total. The SMILES string of the molecule is [CH2-]C(=O)CC(C)=O.[Pd].c1ccc([PH+](c2ccccc2)c2ccccc2)cc1.c1ccc([PH+](c2ccccc2)c2ccccc2)cc1.c1ccc([PH+](c2ccccc2)c2ccccc2)cc1.c1ccc([PH+](c2ccccc2)c2ccccc2)cc1. The molecule has 0 aliphatic heterocycles. The number of Topliss-reactive ketones (excluding diaryl/α,β-unsaturated/α-hetero) is 2. The Morgan fingerprint density at radius 3 is 0.381 bits per heavy atom. The van der Waals surface area contributed by atoms with Crippen LogP contribution in [0.5, 0.6) is 0 Å². The number of ketones is 2. The third-order valence-corrected chi connectivity index (χ3v) is 24.1. The molecule has 2 nitrogen and oxygen atoms in total. The summed E-state index contributed by atoms with van der Waals surface area (Å²) in [6, 6.07) is 130. The fraction of sp³-hybridized carbons (Fsp3) is 0.0260. The molecule has 0 spiro atoms. The molecule has 12 aromatic carbocycles. The molecule has 0 unspecified atom stereocenters. The van der Waals surface area contributed by atoms with Crippen LogP contribution in [0.3, 0.4) is 0 Å². The predicted molar refractivity (Wildman–Crippen MR) is 372 cm³/mol. The van der Waals surface area contributed by atoms with E-state index in [-0.39, 0.29) is 38.4 Å². The zero-order chi connectivity index (χ0) is 57.5. The van der Waals surface area contributed by atoms with Crippen LogP contribution in [0.25, 0.3) is 0 Å². The van der Waals surface area contributed by atoms with Gasteiger partial charge in [0.2, 0.25) is 0 Å². The zero-order valence-corrected chi connectivity index (χ0v) is 52.7. The van der Waals surface area contributed by atoms with Crippen LogP contribution in [0, 0.1) is 6.92 Å². The molecule has 12 aromatic rings. The molecule has 0 saturated carbocycles. The van der Waals surface area contributed by atoms with Crippen LogP contribution in [0.1, 0.15) is 13.3 Å². The maximum atomic E-state index is 9.99. The van der Waals surface area contributed by atoms with Crippen LogP contribution < -0.4 is 63.7 Å². The van der Waals surface area contributed by atoms with Crippen molar-refractivity contribution in [1.29, 1.82) is 0 Å². The minimum absolute atomic E-state index is 0.